The maximum atomic E-state index is 13.7. The fourth-order valence-corrected chi connectivity index (χ4v) is 7.29. The van der Waals surface area contributed by atoms with Gasteiger partial charge in [0.25, 0.3) is 6.33 Å². The van der Waals surface area contributed by atoms with Crippen molar-refractivity contribution in [3.63, 3.8) is 0 Å². The van der Waals surface area contributed by atoms with Crippen molar-refractivity contribution >= 4 is 23.5 Å². The van der Waals surface area contributed by atoms with Crippen molar-refractivity contribution in [2.24, 2.45) is 11.8 Å². The van der Waals surface area contributed by atoms with Crippen LogP contribution in [0.15, 0.2) is 110 Å². The lowest BCUT2D eigenvalue weighted by atomic mass is 9.99. The lowest BCUT2D eigenvalue weighted by molar-refractivity contribution is -0.659. The molecule has 1 aliphatic heterocycles. The summed E-state index contributed by atoms with van der Waals surface area (Å²) in [5, 5.41) is 25.3. The summed E-state index contributed by atoms with van der Waals surface area (Å²) < 4.78 is 3.63. The van der Waals surface area contributed by atoms with Crippen LogP contribution in [-0.4, -0.2) is 65.3 Å². The summed E-state index contributed by atoms with van der Waals surface area (Å²) in [4.78, 5) is 32.1. The number of halogens is 1. The Hall–Kier alpha value is -5.68. The van der Waals surface area contributed by atoms with Crippen molar-refractivity contribution in [2.45, 2.75) is 31.2 Å². The molecule has 3 aromatic heterocycles. The van der Waals surface area contributed by atoms with Crippen LogP contribution in [0.2, 0.25) is 5.02 Å². The summed E-state index contributed by atoms with van der Waals surface area (Å²) >= 11 is 6.41. The number of nitrogens with one attached hydrogen (secondary N) is 1. The molecule has 1 saturated heterocycles. The molecule has 1 saturated carbocycles. The van der Waals surface area contributed by atoms with Gasteiger partial charge in [0, 0.05) is 59.0 Å². The van der Waals surface area contributed by atoms with E-state index in [4.69, 9.17) is 21.7 Å². The van der Waals surface area contributed by atoms with Gasteiger partial charge in [0.15, 0.2) is 5.21 Å². The molecule has 11 nitrogen and oxygen atoms in total. The van der Waals surface area contributed by atoms with Crippen molar-refractivity contribution < 1.29 is 19.4 Å². The van der Waals surface area contributed by atoms with Crippen LogP contribution in [0.5, 0.6) is 0 Å². The van der Waals surface area contributed by atoms with Crippen LogP contribution in [0.25, 0.3) is 27.9 Å². The number of carboxylic acids is 1. The molecule has 2 aliphatic rings. The molecule has 0 radical (unpaired) electrons. The number of tetrazole rings is 1. The number of carboxylic acid groups (broad SMARTS) is 1. The molecule has 4 heterocycles. The number of pyridine rings is 1. The number of carbonyl (C=O) groups is 2. The first kappa shape index (κ1) is 31.6. The van der Waals surface area contributed by atoms with E-state index < -0.39 is 5.97 Å². The largest absolute Gasteiger partial charge is 0.478 e. The van der Waals surface area contributed by atoms with Gasteiger partial charge < -0.3 is 10.0 Å². The molecule has 12 heteroatoms. The van der Waals surface area contributed by atoms with Crippen LogP contribution in [-0.2, 0) is 4.79 Å². The van der Waals surface area contributed by atoms with Crippen LogP contribution in [0.4, 0.5) is 0 Å². The minimum atomic E-state index is -0.968. The van der Waals surface area contributed by atoms with Crippen molar-refractivity contribution in [3.8, 4) is 27.9 Å². The zero-order valence-electron chi connectivity index (χ0n) is 27.0. The van der Waals surface area contributed by atoms with Gasteiger partial charge in [0.2, 0.25) is 5.91 Å². The monoisotopic (exact) mass is 685 g/mol. The normalized spacial score (nSPS) is 19.0. The van der Waals surface area contributed by atoms with E-state index in [1.165, 1.54) is 5.56 Å². The lowest BCUT2D eigenvalue weighted by Gasteiger charge is -2.20. The van der Waals surface area contributed by atoms with Gasteiger partial charge in [-0.2, -0.15) is 5.10 Å². The number of benzene rings is 3. The van der Waals surface area contributed by atoms with Crippen LogP contribution in [0.3, 0.4) is 0 Å². The van der Waals surface area contributed by atoms with Crippen LogP contribution in [0.1, 0.15) is 52.8 Å². The Kier molecular flexibility index (Phi) is 8.41. The van der Waals surface area contributed by atoms with E-state index in [1.54, 1.807) is 41.5 Å². The summed E-state index contributed by atoms with van der Waals surface area (Å²) in [7, 11) is 0. The molecule has 0 spiro atoms. The van der Waals surface area contributed by atoms with Gasteiger partial charge in [0.05, 0.1) is 23.5 Å². The number of rotatable bonds is 10. The molecule has 1 amide bonds. The number of likely N-dealkylation sites (tertiary alicyclic amines) is 1. The van der Waals surface area contributed by atoms with Gasteiger partial charge in [-0.25, -0.2) is 4.79 Å². The molecule has 3 aromatic carbocycles. The van der Waals surface area contributed by atoms with Crippen molar-refractivity contribution in [1.29, 1.82) is 0 Å². The highest BCUT2D eigenvalue weighted by atomic mass is 35.5. The smallest absolute Gasteiger partial charge is 0.335 e. The first-order chi connectivity index (χ1) is 24.4. The lowest BCUT2D eigenvalue weighted by Crippen LogP contribution is -2.32. The zero-order valence-corrected chi connectivity index (χ0v) is 27.8. The molecule has 8 rings (SSSR count). The third-order valence-electron chi connectivity index (χ3n) is 9.96. The van der Waals surface area contributed by atoms with Gasteiger partial charge in [-0.15, -0.1) is 4.68 Å². The Labute approximate surface area is 293 Å². The summed E-state index contributed by atoms with van der Waals surface area (Å²) in [6.07, 6.45) is 9.71. The molecule has 50 heavy (non-hydrogen) atoms. The third-order valence-corrected chi connectivity index (χ3v) is 10.2. The SMILES string of the molecule is O=C(O)c1ccc(-c2cnn(C(C[C@@H]3C[C@@H]3C(=O)N3CCC(c4ccccc4)C3)c3ccc(-c4cc(Cl)ccc4-[n+]4cnn[nH]4)cn3)c2)cc1. The van der Waals surface area contributed by atoms with Crippen LogP contribution < -0.4 is 4.68 Å². The highest BCUT2D eigenvalue weighted by Gasteiger charge is 2.47. The quantitative estimate of drug-likeness (QED) is 0.169. The van der Waals surface area contributed by atoms with Gasteiger partial charge in [0.1, 0.15) is 10.8 Å². The minimum absolute atomic E-state index is 0.0149. The standard InChI is InChI=1S/C38H33ClN8O3/c39-31-11-13-35(47-23-41-43-44-47)32(18-31)27-10-12-34(40-19-27)36(46-22-30(20-42-46)25-6-8-26(9-7-25)38(49)50)17-29-16-33(29)37(48)45-15-14-28(21-45)24-4-2-1-3-5-24/h1-13,18-20,22-23,28-29,33,36H,14-17,21H2,(H,49,50)/p+1/t28?,29-,33-,36?/m0/s1. The average molecular weight is 686 g/mol. The van der Waals surface area contributed by atoms with E-state index >= 15 is 0 Å². The maximum Gasteiger partial charge on any atom is 0.335 e. The zero-order chi connectivity index (χ0) is 34.2. The molecule has 2 unspecified atom stereocenters. The van der Waals surface area contributed by atoms with E-state index in [1.807, 2.05) is 58.4 Å². The Morgan fingerprint density at radius 2 is 1.80 bits per heavy atom. The van der Waals surface area contributed by atoms with Gasteiger partial charge in [-0.1, -0.05) is 65.3 Å². The van der Waals surface area contributed by atoms with Crippen LogP contribution >= 0.6 is 11.6 Å². The third kappa shape index (κ3) is 6.39. The first-order valence-corrected chi connectivity index (χ1v) is 17.0. The van der Waals surface area contributed by atoms with E-state index in [-0.39, 0.29) is 29.3 Å². The maximum absolute atomic E-state index is 13.7. The molecule has 1 aliphatic carbocycles. The highest BCUT2D eigenvalue weighted by molar-refractivity contribution is 6.31. The molecule has 4 atom stereocenters. The number of aromatic amines is 1. The van der Waals surface area contributed by atoms with Gasteiger partial charge in [-0.3, -0.25) is 14.5 Å². The number of amides is 1. The Morgan fingerprint density at radius 1 is 0.980 bits per heavy atom. The van der Waals surface area contributed by atoms with Gasteiger partial charge in [-0.05, 0) is 72.7 Å². The van der Waals surface area contributed by atoms with E-state index in [0.717, 1.165) is 59.6 Å². The van der Waals surface area contributed by atoms with Crippen molar-refractivity contribution in [3.05, 3.63) is 132 Å². The molecule has 2 fully saturated rings. The predicted molar refractivity (Wildman–Crippen MR) is 186 cm³/mol. The second-order valence-electron chi connectivity index (χ2n) is 13.1. The predicted octanol–water partition coefficient (Wildman–Crippen LogP) is 5.99. The number of H-pyrrole nitrogens is 1. The van der Waals surface area contributed by atoms with Gasteiger partial charge >= 0.3 is 5.97 Å². The molecular weight excluding hydrogens is 652 g/mol. The molecule has 250 valence electrons. The minimum Gasteiger partial charge on any atom is -0.478 e. The molecular formula is C38H34ClN8O3+. The summed E-state index contributed by atoms with van der Waals surface area (Å²) in [6.45, 7) is 1.55. The van der Waals surface area contributed by atoms with Crippen molar-refractivity contribution in [2.75, 3.05) is 13.1 Å². The number of aromatic nitrogens is 7. The molecule has 6 aromatic rings. The van der Waals surface area contributed by atoms with E-state index in [2.05, 4.69) is 39.8 Å². The number of aromatic carboxylic acids is 1. The fraction of sp³-hybridized carbons (Fsp3) is 0.237. The molecule has 2 N–H and O–H groups in total. The summed E-state index contributed by atoms with van der Waals surface area (Å²) in [5.41, 5.74) is 6.64. The Morgan fingerprint density at radius 3 is 2.54 bits per heavy atom. The highest BCUT2D eigenvalue weighted by Crippen LogP contribution is 2.47. The number of carbonyl (C=O) groups excluding carboxylic acids is 1. The Balaban J connectivity index is 1.05. The van der Waals surface area contributed by atoms with E-state index in [9.17, 15) is 14.7 Å². The summed E-state index contributed by atoms with van der Waals surface area (Å²) in [6, 6.07) is 26.6. The second kappa shape index (κ2) is 13.3. The first-order valence-electron chi connectivity index (χ1n) is 16.7. The Bertz CT molecular complexity index is 2140. The fourth-order valence-electron chi connectivity index (χ4n) is 7.12. The van der Waals surface area contributed by atoms with Crippen molar-refractivity contribution in [1.82, 2.24) is 35.2 Å². The number of hydrogen-bond acceptors (Lipinski definition) is 6. The number of hydrogen-bond donors (Lipinski definition) is 2. The van der Waals surface area contributed by atoms with Crippen LogP contribution in [0, 0.1) is 11.8 Å². The topological polar surface area (TPSA) is 134 Å². The average Bonchev–Trinajstić information content (AvgIpc) is 3.59. The molecule has 0 bridgehead atoms. The number of nitrogens with zero attached hydrogens (tertiary/aromatic N) is 7. The van der Waals surface area contributed by atoms with E-state index in [0.29, 0.717) is 17.4 Å². The second-order valence-corrected chi connectivity index (χ2v) is 13.5. The summed E-state index contributed by atoms with van der Waals surface area (Å²) in [5.74, 6) is -0.156.